The van der Waals surface area contributed by atoms with Gasteiger partial charge in [-0.15, -0.1) is 11.3 Å². The minimum absolute atomic E-state index is 0.786. The van der Waals surface area contributed by atoms with Crippen LogP contribution in [-0.4, -0.2) is 0 Å². The van der Waals surface area contributed by atoms with Crippen molar-refractivity contribution in [2.24, 2.45) is 0 Å². The van der Waals surface area contributed by atoms with Crippen molar-refractivity contribution < 1.29 is 0 Å². The first-order valence-corrected chi connectivity index (χ1v) is 7.59. The van der Waals surface area contributed by atoms with E-state index in [2.05, 4.69) is 54.7 Å². The van der Waals surface area contributed by atoms with Gasteiger partial charge in [0.25, 0.3) is 0 Å². The van der Waals surface area contributed by atoms with Gasteiger partial charge in [0.05, 0.1) is 0 Å². The van der Waals surface area contributed by atoms with Crippen LogP contribution in [0.1, 0.15) is 10.4 Å². The van der Waals surface area contributed by atoms with Crippen molar-refractivity contribution in [3.05, 3.63) is 49.0 Å². The molecule has 0 unspecified atom stereocenters. The van der Waals surface area contributed by atoms with Gasteiger partial charge in [0.2, 0.25) is 0 Å². The zero-order chi connectivity index (χ0) is 12.3. The Morgan fingerprint density at radius 1 is 1.18 bits per heavy atom. The molecule has 0 atom stereocenters. The minimum atomic E-state index is 0.786. The monoisotopic (exact) mass is 374 g/mol. The Kier molecular flexibility index (Phi) is 4.62. The highest BCUT2D eigenvalue weighted by Crippen LogP contribution is 2.22. The Labute approximate surface area is 121 Å². The molecule has 17 heavy (non-hydrogen) atoms. The lowest BCUT2D eigenvalue weighted by molar-refractivity contribution is 0.699. The lowest BCUT2D eigenvalue weighted by Gasteiger charge is -2.06. The van der Waals surface area contributed by atoms with Crippen LogP contribution in [-0.2, 0) is 13.1 Å². The van der Waals surface area contributed by atoms with E-state index in [0.29, 0.717) is 0 Å². The molecule has 3 N–H and O–H groups in total. The zero-order valence-electron chi connectivity index (χ0n) is 9.04. The number of anilines is 1. The largest absolute Gasteiger partial charge is 0.399 e. The van der Waals surface area contributed by atoms with Crippen LogP contribution in [0.2, 0.25) is 0 Å². The molecule has 2 nitrogen and oxygen atoms in total. The predicted molar refractivity (Wildman–Crippen MR) is 81.1 cm³/mol. The van der Waals surface area contributed by atoms with Crippen LogP contribution < -0.4 is 11.1 Å². The number of nitrogens with two attached hydrogens (primary N) is 1. The number of thiophene rings is 1. The van der Waals surface area contributed by atoms with Crippen molar-refractivity contribution in [2.75, 3.05) is 5.73 Å². The Hall–Kier alpha value is -0.360. The van der Waals surface area contributed by atoms with E-state index in [4.69, 9.17) is 5.73 Å². The van der Waals surface area contributed by atoms with E-state index in [9.17, 15) is 0 Å². The highest BCUT2D eigenvalue weighted by molar-refractivity contribution is 9.10. The normalized spacial score (nSPS) is 10.7. The maximum Gasteiger partial charge on any atom is 0.0328 e. The first-order chi connectivity index (χ1) is 8.15. The molecule has 2 rings (SSSR count). The molecule has 0 spiro atoms. The molecule has 1 heterocycles. The van der Waals surface area contributed by atoms with E-state index >= 15 is 0 Å². The summed E-state index contributed by atoms with van der Waals surface area (Å²) in [6.45, 7) is 1.68. The number of hydrogen-bond donors (Lipinski definition) is 2. The van der Waals surface area contributed by atoms with Crippen LogP contribution >= 0.6 is 43.2 Å². The zero-order valence-corrected chi connectivity index (χ0v) is 13.0. The van der Waals surface area contributed by atoms with Gasteiger partial charge < -0.3 is 11.1 Å². The summed E-state index contributed by atoms with van der Waals surface area (Å²) in [5, 5.41) is 5.48. The van der Waals surface area contributed by atoms with E-state index in [-0.39, 0.29) is 0 Å². The van der Waals surface area contributed by atoms with Crippen LogP contribution in [0.5, 0.6) is 0 Å². The van der Waals surface area contributed by atoms with Gasteiger partial charge in [0.15, 0.2) is 0 Å². The molecular formula is C12H12Br2N2S. The number of hydrogen-bond acceptors (Lipinski definition) is 3. The molecule has 1 aromatic heterocycles. The van der Waals surface area contributed by atoms with Crippen LogP contribution in [0.25, 0.3) is 0 Å². The van der Waals surface area contributed by atoms with E-state index in [1.165, 1.54) is 14.9 Å². The smallest absolute Gasteiger partial charge is 0.0328 e. The third-order valence-electron chi connectivity index (χ3n) is 2.29. The Morgan fingerprint density at radius 2 is 2.00 bits per heavy atom. The fourth-order valence-corrected chi connectivity index (χ4v) is 3.57. The van der Waals surface area contributed by atoms with E-state index in [1.807, 2.05) is 12.1 Å². The number of halogens is 2. The molecule has 2 aromatic rings. The maximum absolute atomic E-state index is 5.79. The van der Waals surface area contributed by atoms with E-state index in [1.54, 1.807) is 11.3 Å². The quantitative estimate of drug-likeness (QED) is 0.788. The molecule has 0 radical (unpaired) electrons. The van der Waals surface area contributed by atoms with Crippen molar-refractivity contribution >= 4 is 48.9 Å². The average Bonchev–Trinajstić information content (AvgIpc) is 2.63. The Balaban J connectivity index is 1.92. The van der Waals surface area contributed by atoms with Crippen molar-refractivity contribution in [1.29, 1.82) is 0 Å². The highest BCUT2D eigenvalue weighted by Gasteiger charge is 2.01. The minimum Gasteiger partial charge on any atom is -0.399 e. The molecule has 0 amide bonds. The summed E-state index contributed by atoms with van der Waals surface area (Å²) in [4.78, 5) is 1.31. The summed E-state index contributed by atoms with van der Waals surface area (Å²) in [6, 6.07) is 8.03. The lowest BCUT2D eigenvalue weighted by atomic mass is 10.2. The van der Waals surface area contributed by atoms with Crippen molar-refractivity contribution in [1.82, 2.24) is 5.32 Å². The molecule has 0 bridgehead atoms. The summed E-state index contributed by atoms with van der Waals surface area (Å²) in [6.07, 6.45) is 0. The van der Waals surface area contributed by atoms with Crippen molar-refractivity contribution in [3.63, 3.8) is 0 Å². The van der Waals surface area contributed by atoms with Crippen LogP contribution in [0, 0.1) is 0 Å². The van der Waals surface area contributed by atoms with Crippen LogP contribution in [0.3, 0.4) is 0 Å². The number of nitrogen functional groups attached to an aromatic ring is 1. The number of nitrogens with one attached hydrogen (secondary N) is 1. The second kappa shape index (κ2) is 6.00. The van der Waals surface area contributed by atoms with Crippen molar-refractivity contribution in [2.45, 2.75) is 13.1 Å². The molecular weight excluding hydrogens is 364 g/mol. The molecule has 0 saturated carbocycles. The fraction of sp³-hybridized carbons (Fsp3) is 0.167. The first-order valence-electron chi connectivity index (χ1n) is 5.12. The van der Waals surface area contributed by atoms with Crippen LogP contribution in [0.15, 0.2) is 38.6 Å². The van der Waals surface area contributed by atoms with Crippen LogP contribution in [0.4, 0.5) is 5.69 Å². The Bertz CT molecular complexity index is 491. The topological polar surface area (TPSA) is 38.0 Å². The van der Waals surface area contributed by atoms with Gasteiger partial charge in [0, 0.05) is 32.6 Å². The molecule has 90 valence electrons. The summed E-state index contributed by atoms with van der Waals surface area (Å²) >= 11 is 8.71. The van der Waals surface area contributed by atoms with Gasteiger partial charge in [0.1, 0.15) is 0 Å². The predicted octanol–water partition coefficient (Wildman–Crippen LogP) is 4.15. The van der Waals surface area contributed by atoms with Gasteiger partial charge in [-0.2, -0.15) is 0 Å². The second-order valence-electron chi connectivity index (χ2n) is 3.69. The third kappa shape index (κ3) is 3.81. The fourth-order valence-electron chi connectivity index (χ4n) is 1.55. The highest BCUT2D eigenvalue weighted by atomic mass is 79.9. The lowest BCUT2D eigenvalue weighted by Crippen LogP contribution is -2.12. The summed E-state index contributed by atoms with van der Waals surface area (Å²) < 4.78 is 2.19. The summed E-state index contributed by atoms with van der Waals surface area (Å²) in [7, 11) is 0. The van der Waals surface area contributed by atoms with E-state index < -0.39 is 0 Å². The third-order valence-corrected chi connectivity index (χ3v) is 4.67. The molecule has 0 aliphatic rings. The molecule has 0 aliphatic heterocycles. The van der Waals surface area contributed by atoms with Gasteiger partial charge in [-0.1, -0.05) is 15.9 Å². The summed E-state index contributed by atoms with van der Waals surface area (Å²) in [5.74, 6) is 0. The SMILES string of the molecule is Nc1cc(Br)cc(CNCc2sccc2Br)c1. The maximum atomic E-state index is 5.79. The molecule has 1 aromatic carbocycles. The average molecular weight is 376 g/mol. The molecule has 0 saturated heterocycles. The van der Waals surface area contributed by atoms with Gasteiger partial charge in [-0.25, -0.2) is 0 Å². The number of rotatable bonds is 4. The number of benzene rings is 1. The van der Waals surface area contributed by atoms with Crippen molar-refractivity contribution in [3.8, 4) is 0 Å². The summed E-state index contributed by atoms with van der Waals surface area (Å²) in [5.41, 5.74) is 7.76. The van der Waals surface area contributed by atoms with E-state index in [0.717, 1.165) is 23.2 Å². The molecule has 0 fully saturated rings. The Morgan fingerprint density at radius 3 is 2.65 bits per heavy atom. The van der Waals surface area contributed by atoms with Gasteiger partial charge in [-0.3, -0.25) is 0 Å². The second-order valence-corrected chi connectivity index (χ2v) is 6.46. The van der Waals surface area contributed by atoms with Gasteiger partial charge >= 0.3 is 0 Å². The molecule has 0 aliphatic carbocycles. The standard InChI is InChI=1S/C12H12Br2N2S/c13-9-3-8(4-10(15)5-9)6-16-7-12-11(14)1-2-17-12/h1-5,16H,6-7,15H2. The van der Waals surface area contributed by atoms with Gasteiger partial charge in [-0.05, 0) is 51.1 Å². The molecule has 5 heteroatoms. The first kappa shape index (κ1) is 13.1.